The number of nitrogens with one attached hydrogen (secondary N) is 2. The molecule has 0 unspecified atom stereocenters. The number of para-hydroxylation sites is 1. The molecular weight excluding hydrogens is 269 g/mol. The van der Waals surface area contributed by atoms with Gasteiger partial charge in [-0.25, -0.2) is 9.37 Å². The van der Waals surface area contributed by atoms with Crippen molar-refractivity contribution in [3.05, 3.63) is 41.6 Å². The van der Waals surface area contributed by atoms with Gasteiger partial charge in [0.2, 0.25) is 0 Å². The summed E-state index contributed by atoms with van der Waals surface area (Å²) in [6, 6.07) is 4.36. The van der Waals surface area contributed by atoms with Crippen LogP contribution in [0.5, 0.6) is 0 Å². The van der Waals surface area contributed by atoms with Crippen LogP contribution in [-0.2, 0) is 16.4 Å². The predicted octanol–water partition coefficient (Wildman–Crippen LogP) is 2.22. The van der Waals surface area contributed by atoms with Crippen LogP contribution >= 0.6 is 0 Å². The zero-order valence-corrected chi connectivity index (χ0v) is 11.4. The molecule has 0 spiro atoms. The van der Waals surface area contributed by atoms with Crippen LogP contribution in [0.15, 0.2) is 29.4 Å². The number of aromatic nitrogens is 2. The molecule has 1 aromatic carbocycles. The maximum absolute atomic E-state index is 13.6. The van der Waals surface area contributed by atoms with E-state index in [-0.39, 0.29) is 10.7 Å². The summed E-state index contributed by atoms with van der Waals surface area (Å²) in [4.78, 5) is 6.60. The van der Waals surface area contributed by atoms with Crippen molar-refractivity contribution >= 4 is 15.7 Å². The lowest BCUT2D eigenvalue weighted by Gasteiger charge is -2.09. The topological polar surface area (TPSA) is 74.8 Å². The van der Waals surface area contributed by atoms with Gasteiger partial charge in [0.1, 0.15) is 11.6 Å². The third kappa shape index (κ3) is 2.76. The fourth-order valence-corrected chi connectivity index (χ4v) is 2.69. The number of anilines is 1. The van der Waals surface area contributed by atoms with Gasteiger partial charge in [-0.15, -0.1) is 0 Å². The number of hydrogen-bond acceptors (Lipinski definition) is 3. The van der Waals surface area contributed by atoms with Gasteiger partial charge in [0.25, 0.3) is 10.0 Å². The summed E-state index contributed by atoms with van der Waals surface area (Å²) in [5.74, 6) is -0.0514. The average Bonchev–Trinajstić information content (AvgIpc) is 2.83. The van der Waals surface area contributed by atoms with E-state index >= 15 is 0 Å². The van der Waals surface area contributed by atoms with E-state index in [0.29, 0.717) is 17.8 Å². The van der Waals surface area contributed by atoms with Crippen LogP contribution in [0.4, 0.5) is 10.1 Å². The molecule has 0 aliphatic heterocycles. The number of sulfonamides is 1. The van der Waals surface area contributed by atoms with Crippen molar-refractivity contribution in [2.45, 2.75) is 25.3 Å². The van der Waals surface area contributed by atoms with Gasteiger partial charge < -0.3 is 4.98 Å². The zero-order chi connectivity index (χ0) is 14.0. The lowest BCUT2D eigenvalue weighted by atomic mass is 10.2. The van der Waals surface area contributed by atoms with Gasteiger partial charge in [-0.1, -0.05) is 19.1 Å². The third-order valence-corrected chi connectivity index (χ3v) is 3.95. The standard InChI is InChI=1S/C12H14FN3O2S/c1-3-10-14-7-11(15-10)19(17,18)16-12-8(2)5-4-6-9(12)13/h4-7,16H,3H2,1-2H3,(H,14,15). The van der Waals surface area contributed by atoms with Crippen molar-refractivity contribution in [1.82, 2.24) is 9.97 Å². The van der Waals surface area contributed by atoms with Crippen LogP contribution in [-0.4, -0.2) is 18.4 Å². The lowest BCUT2D eigenvalue weighted by Crippen LogP contribution is -2.15. The Bertz CT molecular complexity index is 675. The first-order valence-corrected chi connectivity index (χ1v) is 7.24. The minimum absolute atomic E-state index is 0.0462. The number of aromatic amines is 1. The molecule has 1 aromatic heterocycles. The van der Waals surface area contributed by atoms with Crippen LogP contribution in [0.3, 0.4) is 0 Å². The Morgan fingerprint density at radius 1 is 1.42 bits per heavy atom. The molecule has 0 fully saturated rings. The SMILES string of the molecule is CCc1ncc(S(=O)(=O)Nc2c(C)cccc2F)[nH]1. The normalized spacial score (nSPS) is 11.5. The minimum atomic E-state index is -3.86. The highest BCUT2D eigenvalue weighted by atomic mass is 32.2. The quantitative estimate of drug-likeness (QED) is 0.903. The van der Waals surface area contributed by atoms with Crippen LogP contribution in [0.2, 0.25) is 0 Å². The summed E-state index contributed by atoms with van der Waals surface area (Å²) in [5.41, 5.74) is 0.467. The number of benzene rings is 1. The highest BCUT2D eigenvalue weighted by Crippen LogP contribution is 2.22. The molecule has 2 rings (SSSR count). The number of imidazole rings is 1. The van der Waals surface area contributed by atoms with E-state index in [1.54, 1.807) is 13.0 Å². The maximum atomic E-state index is 13.6. The van der Waals surface area contributed by atoms with E-state index in [4.69, 9.17) is 0 Å². The fraction of sp³-hybridized carbons (Fsp3) is 0.250. The van der Waals surface area contributed by atoms with E-state index < -0.39 is 15.8 Å². The minimum Gasteiger partial charge on any atom is -0.332 e. The van der Waals surface area contributed by atoms with Crippen molar-refractivity contribution < 1.29 is 12.8 Å². The van der Waals surface area contributed by atoms with Gasteiger partial charge >= 0.3 is 0 Å². The van der Waals surface area contributed by atoms with E-state index in [2.05, 4.69) is 14.7 Å². The molecular formula is C12H14FN3O2S. The van der Waals surface area contributed by atoms with E-state index in [9.17, 15) is 12.8 Å². The van der Waals surface area contributed by atoms with Crippen molar-refractivity contribution in [2.24, 2.45) is 0 Å². The second-order valence-electron chi connectivity index (χ2n) is 4.08. The van der Waals surface area contributed by atoms with Gasteiger partial charge in [-0.2, -0.15) is 8.42 Å². The van der Waals surface area contributed by atoms with Crippen LogP contribution in [0, 0.1) is 12.7 Å². The number of nitrogens with zero attached hydrogens (tertiary/aromatic N) is 1. The van der Waals surface area contributed by atoms with Crippen LogP contribution in [0.1, 0.15) is 18.3 Å². The first kappa shape index (κ1) is 13.5. The number of H-pyrrole nitrogens is 1. The van der Waals surface area contributed by atoms with E-state index in [0.717, 1.165) is 0 Å². The van der Waals surface area contributed by atoms with Crippen LogP contribution in [0.25, 0.3) is 0 Å². The van der Waals surface area contributed by atoms with Crippen molar-refractivity contribution in [2.75, 3.05) is 4.72 Å². The van der Waals surface area contributed by atoms with Gasteiger partial charge in [0, 0.05) is 6.42 Å². The second kappa shape index (κ2) is 5.00. The summed E-state index contributed by atoms with van der Waals surface area (Å²) < 4.78 is 40.0. The molecule has 5 nitrogen and oxygen atoms in total. The molecule has 0 aliphatic rings. The Hall–Kier alpha value is -1.89. The molecule has 102 valence electrons. The molecule has 7 heteroatoms. The van der Waals surface area contributed by atoms with Crippen molar-refractivity contribution in [3.8, 4) is 0 Å². The van der Waals surface area contributed by atoms with Gasteiger partial charge in [0.05, 0.1) is 11.9 Å². The molecule has 0 saturated heterocycles. The highest BCUT2D eigenvalue weighted by Gasteiger charge is 2.19. The molecule has 2 N–H and O–H groups in total. The number of hydrogen-bond donors (Lipinski definition) is 2. The zero-order valence-electron chi connectivity index (χ0n) is 10.6. The van der Waals surface area contributed by atoms with Gasteiger partial charge in [-0.05, 0) is 18.6 Å². The van der Waals surface area contributed by atoms with Crippen molar-refractivity contribution in [1.29, 1.82) is 0 Å². The molecule has 0 bridgehead atoms. The fourth-order valence-electron chi connectivity index (χ4n) is 1.61. The summed E-state index contributed by atoms with van der Waals surface area (Å²) in [6.07, 6.45) is 1.81. The second-order valence-corrected chi connectivity index (χ2v) is 5.74. The van der Waals surface area contributed by atoms with E-state index in [1.165, 1.54) is 18.3 Å². The molecule has 1 heterocycles. The predicted molar refractivity (Wildman–Crippen MR) is 69.9 cm³/mol. The molecule has 0 saturated carbocycles. The Kier molecular flexibility index (Phi) is 3.57. The maximum Gasteiger partial charge on any atom is 0.279 e. The monoisotopic (exact) mass is 283 g/mol. The first-order valence-electron chi connectivity index (χ1n) is 5.76. The molecule has 0 aliphatic carbocycles. The number of halogens is 1. The number of rotatable bonds is 4. The van der Waals surface area contributed by atoms with Crippen molar-refractivity contribution in [3.63, 3.8) is 0 Å². The third-order valence-electron chi connectivity index (χ3n) is 2.69. The van der Waals surface area contributed by atoms with Crippen LogP contribution < -0.4 is 4.72 Å². The molecule has 0 atom stereocenters. The summed E-state index contributed by atoms with van der Waals surface area (Å²) in [5, 5.41) is -0.0768. The molecule has 19 heavy (non-hydrogen) atoms. The smallest absolute Gasteiger partial charge is 0.279 e. The Balaban J connectivity index is 2.36. The molecule has 2 aromatic rings. The first-order chi connectivity index (χ1) is 8.94. The summed E-state index contributed by atoms with van der Waals surface area (Å²) in [6.45, 7) is 3.48. The lowest BCUT2D eigenvalue weighted by molar-refractivity contribution is 0.595. The van der Waals surface area contributed by atoms with Gasteiger partial charge in [0.15, 0.2) is 5.03 Å². The Morgan fingerprint density at radius 3 is 2.74 bits per heavy atom. The largest absolute Gasteiger partial charge is 0.332 e. The molecule has 0 radical (unpaired) electrons. The Labute approximate surface area is 110 Å². The number of aryl methyl sites for hydroxylation is 2. The van der Waals surface area contributed by atoms with Gasteiger partial charge in [-0.3, -0.25) is 4.72 Å². The molecule has 0 amide bonds. The Morgan fingerprint density at radius 2 is 2.16 bits per heavy atom. The van der Waals surface area contributed by atoms with E-state index in [1.807, 2.05) is 6.92 Å². The highest BCUT2D eigenvalue weighted by molar-refractivity contribution is 7.92. The summed E-state index contributed by atoms with van der Waals surface area (Å²) >= 11 is 0. The average molecular weight is 283 g/mol. The summed E-state index contributed by atoms with van der Waals surface area (Å²) in [7, 11) is -3.86.